The van der Waals surface area contributed by atoms with Crippen molar-refractivity contribution in [2.75, 3.05) is 18.6 Å². The minimum Gasteiger partial charge on any atom is -0.488 e. The van der Waals surface area contributed by atoms with Gasteiger partial charge in [0.05, 0.1) is 11.8 Å². The summed E-state index contributed by atoms with van der Waals surface area (Å²) in [6, 6.07) is 6.28. The van der Waals surface area contributed by atoms with Crippen LogP contribution >= 0.6 is 11.8 Å². The van der Waals surface area contributed by atoms with Crippen molar-refractivity contribution in [3.05, 3.63) is 18.2 Å². The van der Waals surface area contributed by atoms with Gasteiger partial charge >= 0.3 is 0 Å². The first-order valence-electron chi connectivity index (χ1n) is 4.86. The second-order valence-electron chi connectivity index (χ2n) is 3.43. The monoisotopic (exact) mass is 209 g/mol. The molecule has 0 spiro atoms. The topological polar surface area (TPSA) is 21.3 Å². The summed E-state index contributed by atoms with van der Waals surface area (Å²) < 4.78 is 5.78. The van der Waals surface area contributed by atoms with Crippen LogP contribution in [-0.2, 0) is 0 Å². The Morgan fingerprint density at radius 1 is 1.43 bits per heavy atom. The second kappa shape index (κ2) is 4.13. The highest BCUT2D eigenvalue weighted by atomic mass is 32.2. The van der Waals surface area contributed by atoms with Gasteiger partial charge in [0.2, 0.25) is 0 Å². The van der Waals surface area contributed by atoms with Gasteiger partial charge in [0.15, 0.2) is 0 Å². The third-order valence-electron chi connectivity index (χ3n) is 2.27. The number of rotatable bonds is 4. The predicted octanol–water partition coefficient (Wildman–Crippen LogP) is 2.99. The van der Waals surface area contributed by atoms with E-state index in [2.05, 4.69) is 29.8 Å². The lowest BCUT2D eigenvalue weighted by Gasteiger charge is -2.11. The highest BCUT2D eigenvalue weighted by Crippen LogP contribution is 2.34. The molecule has 0 bridgehead atoms. The Morgan fingerprint density at radius 2 is 2.21 bits per heavy atom. The second-order valence-corrected chi connectivity index (χ2v) is 4.31. The summed E-state index contributed by atoms with van der Waals surface area (Å²) in [6.45, 7) is 0. The Labute approximate surface area is 89.0 Å². The zero-order valence-electron chi connectivity index (χ0n) is 8.54. The Balaban J connectivity index is 2.19. The summed E-state index contributed by atoms with van der Waals surface area (Å²) in [5.74, 6) is 0.979. The van der Waals surface area contributed by atoms with Crippen molar-refractivity contribution in [1.29, 1.82) is 0 Å². The molecule has 1 fully saturated rings. The van der Waals surface area contributed by atoms with Gasteiger partial charge in [-0.25, -0.2) is 0 Å². The van der Waals surface area contributed by atoms with E-state index in [0.717, 1.165) is 11.4 Å². The van der Waals surface area contributed by atoms with Gasteiger partial charge in [-0.2, -0.15) is 0 Å². The summed E-state index contributed by atoms with van der Waals surface area (Å²) in [4.78, 5) is 1.26. The SMILES string of the molecule is CNc1cc(SC)ccc1OC1CC1. The van der Waals surface area contributed by atoms with Crippen molar-refractivity contribution in [3.63, 3.8) is 0 Å². The zero-order valence-corrected chi connectivity index (χ0v) is 9.36. The Hall–Kier alpha value is -0.830. The number of hydrogen-bond donors (Lipinski definition) is 1. The number of ether oxygens (including phenoxy) is 1. The van der Waals surface area contributed by atoms with E-state index in [0.29, 0.717) is 6.10 Å². The molecule has 0 radical (unpaired) electrons. The molecule has 1 aliphatic carbocycles. The fourth-order valence-electron chi connectivity index (χ4n) is 1.30. The van der Waals surface area contributed by atoms with Gasteiger partial charge in [-0.15, -0.1) is 11.8 Å². The smallest absolute Gasteiger partial charge is 0.142 e. The first-order valence-corrected chi connectivity index (χ1v) is 6.08. The van der Waals surface area contributed by atoms with Crippen LogP contribution in [0.15, 0.2) is 23.1 Å². The Bertz CT molecular complexity index is 323. The number of benzene rings is 1. The molecule has 1 aromatic rings. The normalized spacial score (nSPS) is 15.3. The molecule has 0 amide bonds. The molecule has 2 nitrogen and oxygen atoms in total. The molecule has 1 aromatic carbocycles. The summed E-state index contributed by atoms with van der Waals surface area (Å²) in [5, 5.41) is 3.17. The van der Waals surface area contributed by atoms with Gasteiger partial charge < -0.3 is 10.1 Å². The molecule has 1 aliphatic rings. The van der Waals surface area contributed by atoms with Gasteiger partial charge in [0.25, 0.3) is 0 Å². The summed E-state index contributed by atoms with van der Waals surface area (Å²) in [7, 11) is 1.93. The molecular formula is C11H15NOS. The average molecular weight is 209 g/mol. The van der Waals surface area contributed by atoms with Crippen molar-refractivity contribution >= 4 is 17.4 Å². The molecule has 76 valence electrons. The molecule has 0 heterocycles. The minimum atomic E-state index is 0.460. The maximum absolute atomic E-state index is 5.78. The van der Waals surface area contributed by atoms with Gasteiger partial charge in [0.1, 0.15) is 5.75 Å². The number of anilines is 1. The molecule has 0 unspecified atom stereocenters. The highest BCUT2D eigenvalue weighted by molar-refractivity contribution is 7.98. The third kappa shape index (κ3) is 2.15. The van der Waals surface area contributed by atoms with Gasteiger partial charge in [-0.05, 0) is 37.3 Å². The van der Waals surface area contributed by atoms with E-state index in [9.17, 15) is 0 Å². The fourth-order valence-corrected chi connectivity index (χ4v) is 1.74. The molecule has 0 saturated heterocycles. The van der Waals surface area contributed by atoms with Crippen molar-refractivity contribution in [2.45, 2.75) is 23.8 Å². The first kappa shape index (κ1) is 9.71. The minimum absolute atomic E-state index is 0.460. The van der Waals surface area contributed by atoms with Crippen LogP contribution in [0.25, 0.3) is 0 Å². The maximum Gasteiger partial charge on any atom is 0.142 e. The van der Waals surface area contributed by atoms with Crippen LogP contribution in [0.5, 0.6) is 5.75 Å². The lowest BCUT2D eigenvalue weighted by atomic mass is 10.3. The summed E-state index contributed by atoms with van der Waals surface area (Å²) >= 11 is 1.75. The van der Waals surface area contributed by atoms with Crippen molar-refractivity contribution in [1.82, 2.24) is 0 Å². The van der Waals surface area contributed by atoms with Crippen LogP contribution < -0.4 is 10.1 Å². The number of hydrogen-bond acceptors (Lipinski definition) is 3. The molecule has 1 N–H and O–H groups in total. The first-order chi connectivity index (χ1) is 6.83. The van der Waals surface area contributed by atoms with E-state index in [-0.39, 0.29) is 0 Å². The maximum atomic E-state index is 5.78. The van der Waals surface area contributed by atoms with Crippen molar-refractivity contribution in [2.24, 2.45) is 0 Å². The molecule has 0 aromatic heterocycles. The van der Waals surface area contributed by atoms with E-state index in [4.69, 9.17) is 4.74 Å². The quantitative estimate of drug-likeness (QED) is 0.770. The molecule has 3 heteroatoms. The summed E-state index contributed by atoms with van der Waals surface area (Å²) in [6.07, 6.45) is 4.94. The van der Waals surface area contributed by atoms with Gasteiger partial charge in [-0.1, -0.05) is 0 Å². The van der Waals surface area contributed by atoms with E-state index in [1.54, 1.807) is 11.8 Å². The van der Waals surface area contributed by atoms with Gasteiger partial charge in [-0.3, -0.25) is 0 Å². The lowest BCUT2D eigenvalue weighted by molar-refractivity contribution is 0.304. The summed E-state index contributed by atoms with van der Waals surface area (Å²) in [5.41, 5.74) is 1.09. The molecule has 0 atom stereocenters. The average Bonchev–Trinajstić information content (AvgIpc) is 3.02. The predicted molar refractivity (Wildman–Crippen MR) is 61.4 cm³/mol. The molecular weight excluding hydrogens is 194 g/mol. The van der Waals surface area contributed by atoms with Crippen LogP contribution in [0.4, 0.5) is 5.69 Å². The van der Waals surface area contributed by atoms with Crippen molar-refractivity contribution < 1.29 is 4.74 Å². The van der Waals surface area contributed by atoms with Crippen LogP contribution in [0.1, 0.15) is 12.8 Å². The molecule has 14 heavy (non-hydrogen) atoms. The Morgan fingerprint density at radius 3 is 2.79 bits per heavy atom. The van der Waals surface area contributed by atoms with Crippen LogP contribution in [0.2, 0.25) is 0 Å². The van der Waals surface area contributed by atoms with Crippen LogP contribution in [0, 0.1) is 0 Å². The molecule has 1 saturated carbocycles. The van der Waals surface area contributed by atoms with Crippen LogP contribution in [0.3, 0.4) is 0 Å². The van der Waals surface area contributed by atoms with Crippen LogP contribution in [-0.4, -0.2) is 19.4 Å². The van der Waals surface area contributed by atoms with E-state index in [1.165, 1.54) is 17.7 Å². The van der Waals surface area contributed by atoms with E-state index < -0.39 is 0 Å². The van der Waals surface area contributed by atoms with Gasteiger partial charge in [0, 0.05) is 11.9 Å². The molecule has 0 aliphatic heterocycles. The number of nitrogens with one attached hydrogen (secondary N) is 1. The fraction of sp³-hybridized carbons (Fsp3) is 0.455. The molecule has 2 rings (SSSR count). The highest BCUT2D eigenvalue weighted by Gasteiger charge is 2.24. The standard InChI is InChI=1S/C11H15NOS/c1-12-10-7-9(14-2)5-6-11(10)13-8-3-4-8/h5-8,12H,3-4H2,1-2H3. The van der Waals surface area contributed by atoms with E-state index in [1.807, 2.05) is 7.05 Å². The van der Waals surface area contributed by atoms with Crippen molar-refractivity contribution in [3.8, 4) is 5.75 Å². The zero-order chi connectivity index (χ0) is 9.97. The Kier molecular flexibility index (Phi) is 2.87. The number of thioether (sulfide) groups is 1. The van der Waals surface area contributed by atoms with E-state index >= 15 is 0 Å². The largest absolute Gasteiger partial charge is 0.488 e. The third-order valence-corrected chi connectivity index (χ3v) is 3.00. The lowest BCUT2D eigenvalue weighted by Crippen LogP contribution is -2.00.